The van der Waals surface area contributed by atoms with E-state index in [1.807, 2.05) is 0 Å². The number of carboxylic acids is 1. The number of unbranched alkanes of at least 4 members (excludes halogenated alkanes) is 2. The zero-order valence-electron chi connectivity index (χ0n) is 6.17. The van der Waals surface area contributed by atoms with E-state index in [-0.39, 0.29) is 0 Å². The van der Waals surface area contributed by atoms with Gasteiger partial charge in [0.25, 0.3) is 0 Å². The Morgan fingerprint density at radius 3 is 2.60 bits per heavy atom. The van der Waals surface area contributed by atoms with E-state index < -0.39 is 11.2 Å². The van der Waals surface area contributed by atoms with Crippen LogP contribution in [0.2, 0.25) is 0 Å². The molecular weight excluding hydrogens is 148 g/mol. The lowest BCUT2D eigenvalue weighted by molar-refractivity contribution is -0.304. The Morgan fingerprint density at radius 1 is 1.60 bits per heavy atom. The Kier molecular flexibility index (Phi) is 5.49. The summed E-state index contributed by atoms with van der Waals surface area (Å²) < 4.78 is 0. The lowest BCUT2D eigenvalue weighted by Crippen LogP contribution is -2.31. The van der Waals surface area contributed by atoms with Gasteiger partial charge in [0.2, 0.25) is 0 Å². The second-order valence-electron chi connectivity index (χ2n) is 2.33. The van der Waals surface area contributed by atoms with E-state index in [9.17, 15) is 9.90 Å². The van der Waals surface area contributed by atoms with E-state index in [2.05, 4.69) is 19.6 Å². The third-order valence-corrected chi connectivity index (χ3v) is 1.82. The van der Waals surface area contributed by atoms with Gasteiger partial charge in [-0.3, -0.25) is 0 Å². The molecule has 0 aromatic rings. The Hall–Kier alpha value is -0.180. The molecule has 0 aliphatic carbocycles. The summed E-state index contributed by atoms with van der Waals surface area (Å²) in [5.74, 6) is -1.06. The summed E-state index contributed by atoms with van der Waals surface area (Å²) in [4.78, 5) is 10.1. The van der Waals surface area contributed by atoms with Crippen molar-refractivity contribution < 1.29 is 9.90 Å². The first-order valence-electron chi connectivity index (χ1n) is 3.57. The van der Waals surface area contributed by atoms with Crippen LogP contribution in [0.5, 0.6) is 0 Å². The van der Waals surface area contributed by atoms with E-state index in [4.69, 9.17) is 0 Å². The Labute approximate surface area is 67.0 Å². The topological polar surface area (TPSA) is 40.1 Å². The van der Waals surface area contributed by atoms with Gasteiger partial charge in [0.15, 0.2) is 0 Å². The van der Waals surface area contributed by atoms with Gasteiger partial charge in [0.1, 0.15) is 0 Å². The molecule has 0 fully saturated rings. The molecule has 0 amide bonds. The smallest absolute Gasteiger partial charge is 0.0541 e. The highest BCUT2D eigenvalue weighted by molar-refractivity contribution is 7.81. The number of hydrogen-bond acceptors (Lipinski definition) is 3. The third kappa shape index (κ3) is 4.68. The summed E-state index contributed by atoms with van der Waals surface area (Å²) in [7, 11) is 0. The van der Waals surface area contributed by atoms with Gasteiger partial charge in [-0.05, 0) is 6.42 Å². The van der Waals surface area contributed by atoms with Crippen LogP contribution in [0.4, 0.5) is 0 Å². The standard InChI is InChI=1S/C7H14O2S/c1-2-3-4-5-6(10)7(8)9/h6,10H,2-5H2,1H3,(H,8,9)/p-1. The zero-order chi connectivity index (χ0) is 7.98. The fourth-order valence-corrected chi connectivity index (χ4v) is 0.888. The molecule has 1 atom stereocenters. The van der Waals surface area contributed by atoms with Gasteiger partial charge in [-0.15, -0.1) is 0 Å². The molecule has 0 aromatic carbocycles. The van der Waals surface area contributed by atoms with E-state index in [0.29, 0.717) is 6.42 Å². The first kappa shape index (κ1) is 9.82. The first-order valence-corrected chi connectivity index (χ1v) is 4.09. The van der Waals surface area contributed by atoms with Gasteiger partial charge >= 0.3 is 0 Å². The predicted octanol–water partition coefficient (Wildman–Crippen LogP) is 0.615. The van der Waals surface area contributed by atoms with E-state index >= 15 is 0 Å². The molecular formula is C7H13O2S-. The van der Waals surface area contributed by atoms with Crippen molar-refractivity contribution in [2.24, 2.45) is 0 Å². The lowest BCUT2D eigenvalue weighted by atomic mass is 10.1. The fraction of sp³-hybridized carbons (Fsp3) is 0.857. The minimum Gasteiger partial charge on any atom is -0.549 e. The first-order chi connectivity index (χ1) is 4.68. The highest BCUT2D eigenvalue weighted by atomic mass is 32.1. The van der Waals surface area contributed by atoms with Crippen molar-refractivity contribution in [3.63, 3.8) is 0 Å². The molecule has 3 heteroatoms. The van der Waals surface area contributed by atoms with Crippen molar-refractivity contribution in [1.82, 2.24) is 0 Å². The predicted molar refractivity (Wildman–Crippen MR) is 41.9 cm³/mol. The van der Waals surface area contributed by atoms with E-state index in [0.717, 1.165) is 19.3 Å². The Morgan fingerprint density at radius 2 is 2.20 bits per heavy atom. The number of carbonyl (C=O) groups excluding carboxylic acids is 1. The molecule has 0 heterocycles. The van der Waals surface area contributed by atoms with Gasteiger partial charge < -0.3 is 9.90 Å². The van der Waals surface area contributed by atoms with Gasteiger partial charge in [0, 0.05) is 5.25 Å². The van der Waals surface area contributed by atoms with Crippen molar-refractivity contribution in [1.29, 1.82) is 0 Å². The summed E-state index contributed by atoms with van der Waals surface area (Å²) in [5, 5.41) is 9.53. The number of thiol groups is 1. The van der Waals surface area contributed by atoms with Crippen LogP contribution in [0, 0.1) is 0 Å². The maximum atomic E-state index is 10.1. The normalized spacial score (nSPS) is 13.0. The molecule has 60 valence electrons. The maximum absolute atomic E-state index is 10.1. The van der Waals surface area contributed by atoms with Crippen LogP contribution < -0.4 is 5.11 Å². The molecule has 0 aliphatic rings. The van der Waals surface area contributed by atoms with Gasteiger partial charge in [-0.2, -0.15) is 12.6 Å². The molecule has 0 radical (unpaired) electrons. The number of hydrogen-bond donors (Lipinski definition) is 1. The van der Waals surface area contributed by atoms with Crippen LogP contribution >= 0.6 is 12.6 Å². The Balaban J connectivity index is 3.21. The summed E-state index contributed by atoms with van der Waals surface area (Å²) in [6, 6.07) is 0. The quantitative estimate of drug-likeness (QED) is 0.474. The highest BCUT2D eigenvalue weighted by Crippen LogP contribution is 2.07. The number of carboxylic acid groups (broad SMARTS) is 1. The summed E-state index contributed by atoms with van der Waals surface area (Å²) >= 11 is 3.84. The maximum Gasteiger partial charge on any atom is 0.0541 e. The van der Waals surface area contributed by atoms with Gasteiger partial charge in [-0.25, -0.2) is 0 Å². The highest BCUT2D eigenvalue weighted by Gasteiger charge is 2.01. The summed E-state index contributed by atoms with van der Waals surface area (Å²) in [6.45, 7) is 2.08. The minimum absolute atomic E-state index is 0.577. The van der Waals surface area contributed by atoms with Crippen molar-refractivity contribution in [2.75, 3.05) is 0 Å². The van der Waals surface area contributed by atoms with Crippen molar-refractivity contribution >= 4 is 18.6 Å². The van der Waals surface area contributed by atoms with Crippen LogP contribution in [-0.4, -0.2) is 11.2 Å². The van der Waals surface area contributed by atoms with Crippen LogP contribution in [0.15, 0.2) is 0 Å². The fourth-order valence-electron chi connectivity index (χ4n) is 0.706. The molecule has 0 saturated carbocycles. The largest absolute Gasteiger partial charge is 0.549 e. The molecule has 0 saturated heterocycles. The van der Waals surface area contributed by atoms with Crippen LogP contribution in [0.3, 0.4) is 0 Å². The molecule has 10 heavy (non-hydrogen) atoms. The zero-order valence-corrected chi connectivity index (χ0v) is 7.06. The van der Waals surface area contributed by atoms with Crippen molar-refractivity contribution in [3.8, 4) is 0 Å². The second-order valence-corrected chi connectivity index (χ2v) is 2.95. The van der Waals surface area contributed by atoms with Crippen molar-refractivity contribution in [3.05, 3.63) is 0 Å². The monoisotopic (exact) mass is 161 g/mol. The minimum atomic E-state index is -1.06. The third-order valence-electron chi connectivity index (χ3n) is 1.35. The molecule has 1 unspecified atom stereocenters. The van der Waals surface area contributed by atoms with Gasteiger partial charge in [-0.1, -0.05) is 26.2 Å². The average Bonchev–Trinajstić information content (AvgIpc) is 1.88. The molecule has 0 rings (SSSR count). The number of rotatable bonds is 5. The van der Waals surface area contributed by atoms with Gasteiger partial charge in [0.05, 0.1) is 5.97 Å². The van der Waals surface area contributed by atoms with E-state index in [1.165, 1.54) is 0 Å². The summed E-state index contributed by atoms with van der Waals surface area (Å²) in [5.41, 5.74) is 0. The van der Waals surface area contributed by atoms with Crippen LogP contribution in [-0.2, 0) is 4.79 Å². The average molecular weight is 161 g/mol. The van der Waals surface area contributed by atoms with Crippen LogP contribution in [0.1, 0.15) is 32.6 Å². The summed E-state index contributed by atoms with van der Waals surface area (Å²) in [6.07, 6.45) is 3.73. The molecule has 0 spiro atoms. The van der Waals surface area contributed by atoms with Crippen LogP contribution in [0.25, 0.3) is 0 Å². The van der Waals surface area contributed by atoms with Crippen molar-refractivity contribution in [2.45, 2.75) is 37.9 Å². The lowest BCUT2D eigenvalue weighted by Gasteiger charge is -2.09. The SMILES string of the molecule is CCCCCC(S)C(=O)[O-]. The molecule has 0 aliphatic heterocycles. The molecule has 0 aromatic heterocycles. The second kappa shape index (κ2) is 5.59. The Bertz CT molecular complexity index is 104. The molecule has 0 bridgehead atoms. The van der Waals surface area contributed by atoms with E-state index in [1.54, 1.807) is 0 Å². The number of carbonyl (C=O) groups is 1. The molecule has 0 N–H and O–H groups in total. The number of aliphatic carboxylic acids is 1. The molecule has 2 nitrogen and oxygen atoms in total.